The Morgan fingerprint density at radius 3 is 2.64 bits per heavy atom. The van der Waals surface area contributed by atoms with Crippen molar-refractivity contribution < 1.29 is 14.3 Å². The summed E-state index contributed by atoms with van der Waals surface area (Å²) < 4.78 is 12.8. The van der Waals surface area contributed by atoms with Gasteiger partial charge in [-0.15, -0.1) is 0 Å². The molecule has 132 valence electrons. The molecule has 1 aromatic carbocycles. The number of anilines is 1. The second kappa shape index (κ2) is 6.43. The molecule has 4 rings (SSSR count). The third-order valence-electron chi connectivity index (χ3n) is 5.33. The van der Waals surface area contributed by atoms with Gasteiger partial charge in [-0.25, -0.2) is 4.68 Å². The van der Waals surface area contributed by atoms with Gasteiger partial charge in [0.1, 0.15) is 5.82 Å². The molecule has 0 spiro atoms. The number of nitrogens with zero attached hydrogens (tertiary/aromatic N) is 2. The van der Waals surface area contributed by atoms with Crippen LogP contribution in [0.1, 0.15) is 55.2 Å². The molecule has 0 radical (unpaired) electrons. The van der Waals surface area contributed by atoms with Gasteiger partial charge < -0.3 is 14.8 Å². The van der Waals surface area contributed by atoms with Crippen LogP contribution in [0.3, 0.4) is 0 Å². The van der Waals surface area contributed by atoms with Crippen molar-refractivity contribution in [3.63, 3.8) is 0 Å². The van der Waals surface area contributed by atoms with Crippen LogP contribution in [0.15, 0.2) is 24.4 Å². The average molecular weight is 341 g/mol. The van der Waals surface area contributed by atoms with Crippen LogP contribution in [0.2, 0.25) is 0 Å². The lowest BCUT2D eigenvalue weighted by Gasteiger charge is -2.25. The van der Waals surface area contributed by atoms with Crippen LogP contribution >= 0.6 is 0 Å². The molecule has 0 bridgehead atoms. The number of carbonyl (C=O) groups excluding carboxylic acids is 1. The Bertz CT molecular complexity index is 793. The Morgan fingerprint density at radius 1 is 1.16 bits per heavy atom. The van der Waals surface area contributed by atoms with Crippen molar-refractivity contribution in [3.05, 3.63) is 35.5 Å². The Kier molecular flexibility index (Phi) is 4.11. The van der Waals surface area contributed by atoms with E-state index in [1.807, 2.05) is 29.1 Å². The molecule has 25 heavy (non-hydrogen) atoms. The number of benzene rings is 1. The molecule has 1 N–H and O–H groups in total. The summed E-state index contributed by atoms with van der Waals surface area (Å²) in [7, 11) is 3.24. The van der Waals surface area contributed by atoms with E-state index < -0.39 is 0 Å². The summed E-state index contributed by atoms with van der Waals surface area (Å²) >= 11 is 0. The van der Waals surface area contributed by atoms with E-state index in [0.29, 0.717) is 24.0 Å². The Hall–Kier alpha value is -2.50. The lowest BCUT2D eigenvalue weighted by Crippen LogP contribution is -2.25. The molecule has 2 aliphatic rings. The zero-order valence-corrected chi connectivity index (χ0v) is 14.6. The molecule has 0 saturated heterocycles. The molecule has 1 amide bonds. The number of hydrogen-bond donors (Lipinski definition) is 1. The number of hydrogen-bond acceptors (Lipinski definition) is 4. The first-order chi connectivity index (χ1) is 12.2. The average Bonchev–Trinajstić information content (AvgIpc) is 3.29. The number of rotatable bonds is 4. The molecule has 1 aromatic heterocycles. The minimum atomic E-state index is -0.0151. The second-order valence-corrected chi connectivity index (χ2v) is 6.75. The first kappa shape index (κ1) is 16.0. The van der Waals surface area contributed by atoms with Crippen molar-refractivity contribution in [2.24, 2.45) is 0 Å². The highest BCUT2D eigenvalue weighted by molar-refractivity contribution is 5.94. The van der Waals surface area contributed by atoms with E-state index >= 15 is 0 Å². The number of aromatic nitrogens is 2. The molecular formula is C19H23N3O3. The molecule has 2 heterocycles. The van der Waals surface area contributed by atoms with Gasteiger partial charge in [0.05, 0.1) is 26.5 Å². The van der Waals surface area contributed by atoms with Gasteiger partial charge in [0.25, 0.3) is 0 Å². The highest BCUT2D eigenvalue weighted by Gasteiger charge is 2.32. The van der Waals surface area contributed by atoms with Gasteiger partial charge in [-0.2, -0.15) is 5.10 Å². The van der Waals surface area contributed by atoms with Crippen molar-refractivity contribution in [1.29, 1.82) is 0 Å². The predicted molar refractivity (Wildman–Crippen MR) is 94.4 cm³/mol. The predicted octanol–water partition coefficient (Wildman–Crippen LogP) is 3.49. The number of amides is 1. The normalized spacial score (nSPS) is 20.2. The van der Waals surface area contributed by atoms with Gasteiger partial charge in [0.2, 0.25) is 5.91 Å². The molecule has 1 aliphatic carbocycles. The minimum Gasteiger partial charge on any atom is -0.493 e. The molecule has 1 fully saturated rings. The fourth-order valence-corrected chi connectivity index (χ4v) is 4.03. The third kappa shape index (κ3) is 2.75. The van der Waals surface area contributed by atoms with Gasteiger partial charge in [-0.1, -0.05) is 18.9 Å². The van der Waals surface area contributed by atoms with Crippen LogP contribution < -0.4 is 14.8 Å². The Morgan fingerprint density at radius 2 is 1.92 bits per heavy atom. The molecule has 1 atom stereocenters. The minimum absolute atomic E-state index is 0.0151. The van der Waals surface area contributed by atoms with E-state index in [1.165, 1.54) is 12.8 Å². The number of methoxy groups -OCH3 is 2. The van der Waals surface area contributed by atoms with E-state index in [0.717, 1.165) is 29.8 Å². The lowest BCUT2D eigenvalue weighted by molar-refractivity contribution is -0.116. The van der Waals surface area contributed by atoms with Crippen molar-refractivity contribution in [2.75, 3.05) is 19.5 Å². The van der Waals surface area contributed by atoms with Crippen molar-refractivity contribution in [2.45, 2.75) is 44.1 Å². The summed E-state index contributed by atoms with van der Waals surface area (Å²) in [6.45, 7) is 0. The quantitative estimate of drug-likeness (QED) is 0.924. The maximum absolute atomic E-state index is 12.3. The molecule has 1 saturated carbocycles. The van der Waals surface area contributed by atoms with E-state index in [-0.39, 0.29) is 11.8 Å². The first-order valence-electron chi connectivity index (χ1n) is 8.80. The Balaban J connectivity index is 1.74. The summed E-state index contributed by atoms with van der Waals surface area (Å²) in [5.41, 5.74) is 2.12. The molecule has 1 aliphatic heterocycles. The van der Waals surface area contributed by atoms with E-state index in [2.05, 4.69) is 10.4 Å². The largest absolute Gasteiger partial charge is 0.493 e. The summed E-state index contributed by atoms with van der Waals surface area (Å²) in [6.07, 6.45) is 7.04. The van der Waals surface area contributed by atoms with Crippen LogP contribution in [0.25, 0.3) is 0 Å². The topological polar surface area (TPSA) is 65.4 Å². The van der Waals surface area contributed by atoms with Crippen molar-refractivity contribution in [3.8, 4) is 11.5 Å². The van der Waals surface area contributed by atoms with Gasteiger partial charge in [-0.3, -0.25) is 4.79 Å². The van der Waals surface area contributed by atoms with E-state index in [4.69, 9.17) is 9.47 Å². The van der Waals surface area contributed by atoms with Crippen LogP contribution in [0.5, 0.6) is 11.5 Å². The number of fused-ring (bicyclic) bond motifs is 1. The number of nitrogens with one attached hydrogen (secondary N) is 1. The lowest BCUT2D eigenvalue weighted by atomic mass is 9.87. The summed E-state index contributed by atoms with van der Waals surface area (Å²) in [6, 6.07) is 6.25. The van der Waals surface area contributed by atoms with Gasteiger partial charge in [0, 0.05) is 17.9 Å². The maximum Gasteiger partial charge on any atom is 0.226 e. The fourth-order valence-electron chi connectivity index (χ4n) is 4.03. The third-order valence-corrected chi connectivity index (χ3v) is 5.33. The zero-order chi connectivity index (χ0) is 17.4. The second-order valence-electron chi connectivity index (χ2n) is 6.75. The highest BCUT2D eigenvalue weighted by Crippen LogP contribution is 2.42. The van der Waals surface area contributed by atoms with E-state index in [1.54, 1.807) is 14.2 Å². The molecular weight excluding hydrogens is 318 g/mol. The van der Waals surface area contributed by atoms with Gasteiger partial charge >= 0.3 is 0 Å². The Labute approximate surface area is 147 Å². The van der Waals surface area contributed by atoms with Gasteiger partial charge in [-0.05, 0) is 30.5 Å². The number of carbonyl (C=O) groups is 1. The van der Waals surface area contributed by atoms with Crippen molar-refractivity contribution in [1.82, 2.24) is 9.78 Å². The first-order valence-corrected chi connectivity index (χ1v) is 8.80. The SMILES string of the molecule is COc1ccc([C@@H]2CC(=O)Nc3c2cnn3C2CCCC2)cc1OC. The summed E-state index contributed by atoms with van der Waals surface area (Å²) in [4.78, 5) is 12.3. The monoisotopic (exact) mass is 341 g/mol. The highest BCUT2D eigenvalue weighted by atomic mass is 16.5. The van der Waals surface area contributed by atoms with Crippen LogP contribution in [-0.4, -0.2) is 29.9 Å². The number of ether oxygens (including phenoxy) is 2. The maximum atomic E-state index is 12.3. The van der Waals surface area contributed by atoms with Crippen LogP contribution in [0, 0.1) is 0 Å². The summed E-state index contributed by atoms with van der Waals surface area (Å²) in [5, 5.41) is 7.65. The summed E-state index contributed by atoms with van der Waals surface area (Å²) in [5.74, 6) is 2.25. The molecule has 6 heteroatoms. The van der Waals surface area contributed by atoms with Crippen LogP contribution in [0.4, 0.5) is 5.82 Å². The zero-order valence-electron chi connectivity index (χ0n) is 14.6. The van der Waals surface area contributed by atoms with Gasteiger partial charge in [0.15, 0.2) is 11.5 Å². The van der Waals surface area contributed by atoms with E-state index in [9.17, 15) is 4.79 Å². The smallest absolute Gasteiger partial charge is 0.226 e. The molecule has 0 unspecified atom stereocenters. The standard InChI is InChI=1S/C19H23N3O3/c1-24-16-8-7-12(9-17(16)25-2)14-10-18(23)21-19-15(14)11-20-22(19)13-5-3-4-6-13/h7-9,11,13-14H,3-6,10H2,1-2H3,(H,21,23)/t14-/m0/s1. The fraction of sp³-hybridized carbons (Fsp3) is 0.474. The molecule has 6 nitrogen and oxygen atoms in total. The van der Waals surface area contributed by atoms with Crippen molar-refractivity contribution >= 4 is 11.7 Å². The molecule has 2 aromatic rings. The van der Waals surface area contributed by atoms with Crippen LogP contribution in [-0.2, 0) is 4.79 Å².